The van der Waals surface area contributed by atoms with E-state index in [4.69, 9.17) is 0 Å². The number of nitrogens with one attached hydrogen (secondary N) is 2. The van der Waals surface area contributed by atoms with Crippen LogP contribution in [0.25, 0.3) is 0 Å². The van der Waals surface area contributed by atoms with Crippen LogP contribution in [-0.2, 0) is 0 Å². The summed E-state index contributed by atoms with van der Waals surface area (Å²) >= 11 is 1.99. The predicted molar refractivity (Wildman–Crippen MR) is 82.9 cm³/mol. The van der Waals surface area contributed by atoms with Crippen LogP contribution in [0.15, 0.2) is 24.3 Å². The summed E-state index contributed by atoms with van der Waals surface area (Å²) in [6.45, 7) is 2.73. The van der Waals surface area contributed by atoms with Crippen LogP contribution < -0.4 is 10.6 Å². The van der Waals surface area contributed by atoms with Crippen molar-refractivity contribution in [1.29, 1.82) is 0 Å². The molecule has 0 atom stereocenters. The highest BCUT2D eigenvalue weighted by Gasteiger charge is 2.14. The van der Waals surface area contributed by atoms with Crippen molar-refractivity contribution in [3.8, 4) is 0 Å². The Bertz CT molecular complexity index is 416. The van der Waals surface area contributed by atoms with Crippen molar-refractivity contribution in [3.63, 3.8) is 0 Å². The largest absolute Gasteiger partial charge is 0.337 e. The number of carbonyl (C=O) groups is 1. The van der Waals surface area contributed by atoms with E-state index in [1.807, 2.05) is 43.0 Å². The zero-order chi connectivity index (χ0) is 13.5. The van der Waals surface area contributed by atoms with Gasteiger partial charge in [-0.15, -0.1) is 0 Å². The quantitative estimate of drug-likeness (QED) is 0.805. The Morgan fingerprint density at radius 2 is 2.05 bits per heavy atom. The molecule has 4 heteroatoms. The Morgan fingerprint density at radius 3 is 2.79 bits per heavy atom. The minimum Gasteiger partial charge on any atom is -0.337 e. The van der Waals surface area contributed by atoms with E-state index >= 15 is 0 Å². The Morgan fingerprint density at radius 1 is 1.32 bits per heavy atom. The van der Waals surface area contributed by atoms with Gasteiger partial charge in [0.25, 0.3) is 0 Å². The molecular weight excluding hydrogens is 256 g/mol. The second-order valence-electron chi connectivity index (χ2n) is 4.97. The van der Waals surface area contributed by atoms with Gasteiger partial charge in [-0.2, -0.15) is 11.8 Å². The molecule has 0 radical (unpaired) electrons. The van der Waals surface area contributed by atoms with Crippen LogP contribution in [0.5, 0.6) is 0 Å². The molecule has 2 amide bonds. The molecule has 1 aromatic rings. The molecule has 0 aliphatic heterocycles. The van der Waals surface area contributed by atoms with E-state index in [1.165, 1.54) is 25.7 Å². The third kappa shape index (κ3) is 4.78. The van der Waals surface area contributed by atoms with Crippen LogP contribution in [0.3, 0.4) is 0 Å². The van der Waals surface area contributed by atoms with Gasteiger partial charge in [-0.25, -0.2) is 4.79 Å². The summed E-state index contributed by atoms with van der Waals surface area (Å²) in [5.74, 6) is 1.01. The molecule has 1 aliphatic carbocycles. The van der Waals surface area contributed by atoms with E-state index in [-0.39, 0.29) is 6.03 Å². The van der Waals surface area contributed by atoms with Gasteiger partial charge in [-0.1, -0.05) is 31.0 Å². The topological polar surface area (TPSA) is 41.1 Å². The number of anilines is 1. The van der Waals surface area contributed by atoms with Gasteiger partial charge >= 0.3 is 6.03 Å². The molecule has 0 bridgehead atoms. The summed E-state index contributed by atoms with van der Waals surface area (Å²) in [5.41, 5.74) is 1.96. The molecule has 1 aromatic carbocycles. The van der Waals surface area contributed by atoms with E-state index in [1.54, 1.807) is 0 Å². The van der Waals surface area contributed by atoms with Crippen molar-refractivity contribution in [3.05, 3.63) is 29.8 Å². The number of carbonyl (C=O) groups excluding carboxylic acids is 1. The number of aryl methyl sites for hydroxylation is 1. The molecule has 104 valence electrons. The van der Waals surface area contributed by atoms with Gasteiger partial charge in [0.05, 0.1) is 0 Å². The van der Waals surface area contributed by atoms with Gasteiger partial charge in [0.15, 0.2) is 0 Å². The smallest absolute Gasteiger partial charge is 0.319 e. The van der Waals surface area contributed by atoms with Crippen molar-refractivity contribution in [1.82, 2.24) is 5.32 Å². The third-order valence-corrected chi connectivity index (χ3v) is 4.82. The van der Waals surface area contributed by atoms with Crippen LogP contribution in [0.2, 0.25) is 0 Å². The number of amides is 2. The molecule has 0 heterocycles. The maximum absolute atomic E-state index is 11.7. The van der Waals surface area contributed by atoms with Gasteiger partial charge in [-0.3, -0.25) is 0 Å². The second kappa shape index (κ2) is 7.43. The molecule has 3 nitrogen and oxygen atoms in total. The first kappa shape index (κ1) is 14.3. The van der Waals surface area contributed by atoms with Gasteiger partial charge in [0.2, 0.25) is 0 Å². The summed E-state index contributed by atoms with van der Waals surface area (Å²) in [6.07, 6.45) is 5.44. The number of para-hydroxylation sites is 1. The zero-order valence-corrected chi connectivity index (χ0v) is 12.3. The molecule has 0 aromatic heterocycles. The molecule has 0 saturated heterocycles. The van der Waals surface area contributed by atoms with Crippen molar-refractivity contribution in [2.75, 3.05) is 17.6 Å². The van der Waals surface area contributed by atoms with Crippen molar-refractivity contribution in [2.45, 2.75) is 37.9 Å². The highest BCUT2D eigenvalue weighted by molar-refractivity contribution is 7.99. The lowest BCUT2D eigenvalue weighted by Crippen LogP contribution is -2.31. The summed E-state index contributed by atoms with van der Waals surface area (Å²) in [5, 5.41) is 6.61. The first-order valence-corrected chi connectivity index (χ1v) is 8.02. The molecule has 1 saturated carbocycles. The fraction of sp³-hybridized carbons (Fsp3) is 0.533. The first-order valence-electron chi connectivity index (χ1n) is 6.98. The van der Waals surface area contributed by atoms with E-state index in [0.29, 0.717) is 0 Å². The third-order valence-electron chi connectivity index (χ3n) is 3.44. The molecule has 0 spiro atoms. The number of hydrogen-bond donors (Lipinski definition) is 2. The molecule has 2 N–H and O–H groups in total. The Kier molecular flexibility index (Phi) is 5.58. The van der Waals surface area contributed by atoms with Gasteiger partial charge in [0.1, 0.15) is 0 Å². The number of benzene rings is 1. The highest BCUT2D eigenvalue weighted by atomic mass is 32.2. The average Bonchev–Trinajstić information content (AvgIpc) is 2.91. The predicted octanol–water partition coefficient (Wildman–Crippen LogP) is 3.79. The molecule has 0 unspecified atom stereocenters. The number of hydrogen-bond acceptors (Lipinski definition) is 2. The zero-order valence-electron chi connectivity index (χ0n) is 11.4. The van der Waals surface area contributed by atoms with Crippen LogP contribution in [-0.4, -0.2) is 23.6 Å². The summed E-state index contributed by atoms with van der Waals surface area (Å²) in [4.78, 5) is 11.7. The van der Waals surface area contributed by atoms with Crippen LogP contribution >= 0.6 is 11.8 Å². The summed E-state index contributed by atoms with van der Waals surface area (Å²) < 4.78 is 0. The van der Waals surface area contributed by atoms with Crippen LogP contribution in [0.4, 0.5) is 10.5 Å². The van der Waals surface area contributed by atoms with Gasteiger partial charge < -0.3 is 10.6 Å². The molecular formula is C15H22N2OS. The first-order chi connectivity index (χ1) is 9.25. The van der Waals surface area contributed by atoms with E-state index in [2.05, 4.69) is 10.6 Å². The maximum Gasteiger partial charge on any atom is 0.319 e. The second-order valence-corrected chi connectivity index (χ2v) is 6.38. The lowest BCUT2D eigenvalue weighted by Gasteiger charge is -2.11. The van der Waals surface area contributed by atoms with Gasteiger partial charge in [-0.05, 0) is 31.4 Å². The van der Waals surface area contributed by atoms with Crippen molar-refractivity contribution < 1.29 is 4.79 Å². The van der Waals surface area contributed by atoms with Crippen molar-refractivity contribution in [2.24, 2.45) is 0 Å². The van der Waals surface area contributed by atoms with Crippen LogP contribution in [0.1, 0.15) is 31.2 Å². The Labute approximate surface area is 119 Å². The summed E-state index contributed by atoms with van der Waals surface area (Å²) in [6, 6.07) is 7.70. The minimum atomic E-state index is -0.110. The molecule has 2 rings (SSSR count). The Balaban J connectivity index is 1.63. The average molecular weight is 278 g/mol. The fourth-order valence-electron chi connectivity index (χ4n) is 2.32. The molecule has 1 fully saturated rings. The summed E-state index contributed by atoms with van der Waals surface area (Å²) in [7, 11) is 0. The molecule has 1 aliphatic rings. The number of rotatable bonds is 5. The van der Waals surface area contributed by atoms with E-state index in [9.17, 15) is 4.79 Å². The number of urea groups is 1. The van der Waals surface area contributed by atoms with Crippen molar-refractivity contribution >= 4 is 23.5 Å². The SMILES string of the molecule is Cc1ccccc1NC(=O)NCCSC1CCCC1. The minimum absolute atomic E-state index is 0.110. The number of thioether (sulfide) groups is 1. The monoisotopic (exact) mass is 278 g/mol. The molecule has 19 heavy (non-hydrogen) atoms. The van der Waals surface area contributed by atoms with Crippen LogP contribution in [0, 0.1) is 6.92 Å². The fourth-order valence-corrected chi connectivity index (χ4v) is 3.54. The van der Waals surface area contributed by atoms with E-state index in [0.717, 1.165) is 28.8 Å². The van der Waals surface area contributed by atoms with Gasteiger partial charge in [0, 0.05) is 23.2 Å². The van der Waals surface area contributed by atoms with E-state index < -0.39 is 0 Å². The lowest BCUT2D eigenvalue weighted by atomic mass is 10.2. The lowest BCUT2D eigenvalue weighted by molar-refractivity contribution is 0.252. The highest BCUT2D eigenvalue weighted by Crippen LogP contribution is 2.28. The standard InChI is InChI=1S/C15H22N2OS/c1-12-6-2-5-9-14(12)17-15(18)16-10-11-19-13-7-3-4-8-13/h2,5-6,9,13H,3-4,7-8,10-11H2,1H3,(H2,16,17,18). The normalized spacial score (nSPS) is 15.4. The maximum atomic E-state index is 11.7. The Hall–Kier alpha value is -1.16.